The van der Waals surface area contributed by atoms with Crippen LogP contribution in [0, 0.1) is 0 Å². The molecule has 1 N–H and O–H groups in total. The molecule has 0 unspecified atom stereocenters. The van der Waals surface area contributed by atoms with Crippen molar-refractivity contribution in [3.8, 4) is 0 Å². The number of nitrogens with one attached hydrogen (secondary N) is 1. The summed E-state index contributed by atoms with van der Waals surface area (Å²) < 4.78 is 7.28. The first-order valence-electron chi connectivity index (χ1n) is 6.84. The normalized spacial score (nSPS) is 12.2. The zero-order valence-electron chi connectivity index (χ0n) is 12.6. The molecule has 0 aliphatic rings. The molecule has 0 saturated carbocycles. The molecular formula is C15H23N3OS. The maximum absolute atomic E-state index is 5.12. The first-order valence-corrected chi connectivity index (χ1v) is 7.82. The molecule has 0 saturated heterocycles. The Morgan fingerprint density at radius 3 is 2.85 bits per heavy atom. The van der Waals surface area contributed by atoms with Crippen LogP contribution in [0.2, 0.25) is 0 Å². The van der Waals surface area contributed by atoms with Gasteiger partial charge in [-0.2, -0.15) is 0 Å². The number of fused-ring (bicyclic) bond motifs is 1. The Labute approximate surface area is 124 Å². The SMILES string of the molecule is COCCSc1nc2ccccn2c1CNC(C)(C)C. The molecule has 0 radical (unpaired) electrons. The maximum Gasteiger partial charge on any atom is 0.138 e. The molecule has 110 valence electrons. The summed E-state index contributed by atoms with van der Waals surface area (Å²) in [5.74, 6) is 0.920. The first-order chi connectivity index (χ1) is 9.51. The lowest BCUT2D eigenvalue weighted by Crippen LogP contribution is -2.35. The number of pyridine rings is 1. The summed E-state index contributed by atoms with van der Waals surface area (Å²) in [6.07, 6.45) is 2.07. The van der Waals surface area contributed by atoms with E-state index in [4.69, 9.17) is 9.72 Å². The van der Waals surface area contributed by atoms with Gasteiger partial charge < -0.3 is 14.5 Å². The minimum Gasteiger partial charge on any atom is -0.384 e. The van der Waals surface area contributed by atoms with Crippen LogP contribution in [-0.2, 0) is 11.3 Å². The van der Waals surface area contributed by atoms with E-state index in [-0.39, 0.29) is 5.54 Å². The second-order valence-electron chi connectivity index (χ2n) is 5.74. The standard InChI is InChI=1S/C15H23N3OS/c1-15(2,3)16-11-12-14(20-10-9-19-4)17-13-7-5-6-8-18(12)13/h5-8,16H,9-11H2,1-4H3. The van der Waals surface area contributed by atoms with Crippen molar-refractivity contribution >= 4 is 17.4 Å². The quantitative estimate of drug-likeness (QED) is 0.656. The van der Waals surface area contributed by atoms with Gasteiger partial charge in [-0.25, -0.2) is 4.98 Å². The number of nitrogens with zero attached hydrogens (tertiary/aromatic N) is 2. The number of hydrogen-bond acceptors (Lipinski definition) is 4. The van der Waals surface area contributed by atoms with Crippen LogP contribution >= 0.6 is 11.8 Å². The third kappa shape index (κ3) is 3.98. The Morgan fingerprint density at radius 2 is 2.15 bits per heavy atom. The van der Waals surface area contributed by atoms with Gasteiger partial charge in [-0.3, -0.25) is 0 Å². The molecule has 2 aromatic rings. The maximum atomic E-state index is 5.12. The number of ether oxygens (including phenoxy) is 1. The lowest BCUT2D eigenvalue weighted by atomic mass is 10.1. The van der Waals surface area contributed by atoms with E-state index in [0.29, 0.717) is 0 Å². The topological polar surface area (TPSA) is 38.6 Å². The highest BCUT2D eigenvalue weighted by Crippen LogP contribution is 2.24. The van der Waals surface area contributed by atoms with Crippen molar-refractivity contribution in [2.24, 2.45) is 0 Å². The van der Waals surface area contributed by atoms with Gasteiger partial charge in [0.15, 0.2) is 0 Å². The van der Waals surface area contributed by atoms with Crippen molar-refractivity contribution in [1.29, 1.82) is 0 Å². The number of imidazole rings is 1. The van der Waals surface area contributed by atoms with Crippen molar-refractivity contribution < 1.29 is 4.74 Å². The summed E-state index contributed by atoms with van der Waals surface area (Å²) >= 11 is 1.75. The van der Waals surface area contributed by atoms with E-state index in [2.05, 4.69) is 36.7 Å². The van der Waals surface area contributed by atoms with E-state index in [9.17, 15) is 0 Å². The third-order valence-electron chi connectivity index (χ3n) is 2.90. The molecule has 2 aromatic heterocycles. The van der Waals surface area contributed by atoms with Crippen molar-refractivity contribution in [1.82, 2.24) is 14.7 Å². The second kappa shape index (κ2) is 6.61. The molecule has 2 rings (SSSR count). The van der Waals surface area contributed by atoms with Crippen LogP contribution in [0.1, 0.15) is 26.5 Å². The van der Waals surface area contributed by atoms with E-state index in [1.165, 1.54) is 5.69 Å². The van der Waals surface area contributed by atoms with E-state index in [1.54, 1.807) is 18.9 Å². The van der Waals surface area contributed by atoms with Gasteiger partial charge in [-0.1, -0.05) is 6.07 Å². The van der Waals surface area contributed by atoms with Crippen molar-refractivity contribution in [3.05, 3.63) is 30.1 Å². The van der Waals surface area contributed by atoms with Crippen LogP contribution in [0.5, 0.6) is 0 Å². The predicted octanol–water partition coefficient (Wildman–Crippen LogP) is 2.96. The zero-order chi connectivity index (χ0) is 14.6. The highest BCUT2D eigenvalue weighted by molar-refractivity contribution is 7.99. The molecule has 0 aliphatic carbocycles. The van der Waals surface area contributed by atoms with Crippen LogP contribution in [0.4, 0.5) is 0 Å². The highest BCUT2D eigenvalue weighted by atomic mass is 32.2. The van der Waals surface area contributed by atoms with Gasteiger partial charge in [0.05, 0.1) is 12.3 Å². The summed E-state index contributed by atoms with van der Waals surface area (Å²) in [5.41, 5.74) is 2.31. The van der Waals surface area contributed by atoms with Crippen molar-refractivity contribution in [2.45, 2.75) is 37.9 Å². The third-order valence-corrected chi connectivity index (χ3v) is 3.88. The van der Waals surface area contributed by atoms with Gasteiger partial charge >= 0.3 is 0 Å². The summed E-state index contributed by atoms with van der Waals surface area (Å²) in [5, 5.41) is 4.63. The predicted molar refractivity (Wildman–Crippen MR) is 84.4 cm³/mol. The number of rotatable bonds is 6. The molecule has 0 fully saturated rings. The summed E-state index contributed by atoms with van der Waals surface area (Å²) in [6.45, 7) is 8.07. The van der Waals surface area contributed by atoms with E-state index >= 15 is 0 Å². The van der Waals surface area contributed by atoms with Crippen LogP contribution < -0.4 is 5.32 Å². The molecule has 0 aromatic carbocycles. The van der Waals surface area contributed by atoms with Gasteiger partial charge in [0, 0.05) is 31.1 Å². The first kappa shape index (κ1) is 15.4. The van der Waals surface area contributed by atoms with Crippen molar-refractivity contribution in [2.75, 3.05) is 19.5 Å². The van der Waals surface area contributed by atoms with Crippen LogP contribution in [0.15, 0.2) is 29.4 Å². The van der Waals surface area contributed by atoms with Gasteiger partial charge in [0.1, 0.15) is 10.7 Å². The largest absolute Gasteiger partial charge is 0.384 e. The summed E-state index contributed by atoms with van der Waals surface area (Å²) in [4.78, 5) is 4.72. The van der Waals surface area contributed by atoms with Crippen LogP contribution in [0.25, 0.3) is 5.65 Å². The molecule has 5 heteroatoms. The summed E-state index contributed by atoms with van der Waals surface area (Å²) in [7, 11) is 1.73. The molecule has 4 nitrogen and oxygen atoms in total. The number of hydrogen-bond donors (Lipinski definition) is 1. The molecule has 0 aliphatic heterocycles. The fourth-order valence-electron chi connectivity index (χ4n) is 1.87. The van der Waals surface area contributed by atoms with E-state index in [0.717, 1.165) is 29.6 Å². The molecule has 0 bridgehead atoms. The Bertz CT molecular complexity index is 560. The van der Waals surface area contributed by atoms with Gasteiger partial charge in [0.25, 0.3) is 0 Å². The van der Waals surface area contributed by atoms with Crippen LogP contribution in [0.3, 0.4) is 0 Å². The monoisotopic (exact) mass is 293 g/mol. The Hall–Kier alpha value is -1.04. The van der Waals surface area contributed by atoms with Gasteiger partial charge in [-0.15, -0.1) is 11.8 Å². The van der Waals surface area contributed by atoms with E-state index < -0.39 is 0 Å². The lowest BCUT2D eigenvalue weighted by molar-refractivity contribution is 0.218. The fraction of sp³-hybridized carbons (Fsp3) is 0.533. The number of methoxy groups -OCH3 is 1. The zero-order valence-corrected chi connectivity index (χ0v) is 13.5. The van der Waals surface area contributed by atoms with Gasteiger partial charge in [-0.05, 0) is 32.9 Å². The lowest BCUT2D eigenvalue weighted by Gasteiger charge is -2.20. The minimum absolute atomic E-state index is 0.0907. The molecule has 2 heterocycles. The van der Waals surface area contributed by atoms with Crippen LogP contribution in [-0.4, -0.2) is 34.4 Å². The molecule has 0 atom stereocenters. The minimum atomic E-state index is 0.0907. The Morgan fingerprint density at radius 1 is 1.35 bits per heavy atom. The number of aromatic nitrogens is 2. The van der Waals surface area contributed by atoms with Gasteiger partial charge in [0.2, 0.25) is 0 Å². The van der Waals surface area contributed by atoms with Crippen molar-refractivity contribution in [3.63, 3.8) is 0 Å². The number of thioether (sulfide) groups is 1. The Balaban J connectivity index is 2.24. The molecule has 0 spiro atoms. The molecule has 0 amide bonds. The highest BCUT2D eigenvalue weighted by Gasteiger charge is 2.15. The molecule has 20 heavy (non-hydrogen) atoms. The average molecular weight is 293 g/mol. The summed E-state index contributed by atoms with van der Waals surface area (Å²) in [6, 6.07) is 6.10. The fourth-order valence-corrected chi connectivity index (χ4v) is 2.81. The smallest absolute Gasteiger partial charge is 0.138 e. The Kier molecular flexibility index (Phi) is 5.07. The molecular weight excluding hydrogens is 270 g/mol. The average Bonchev–Trinajstić information content (AvgIpc) is 2.73. The van der Waals surface area contributed by atoms with E-state index in [1.807, 2.05) is 18.2 Å². The second-order valence-corrected chi connectivity index (χ2v) is 6.82.